The number of amides is 1. The van der Waals surface area contributed by atoms with Crippen molar-refractivity contribution in [2.45, 2.75) is 6.92 Å². The average Bonchev–Trinajstić information content (AvgIpc) is 2.33. The second kappa shape index (κ2) is 5.98. The van der Waals surface area contributed by atoms with Crippen LogP contribution in [0.5, 0.6) is 11.5 Å². The molecule has 0 atom stereocenters. The maximum absolute atomic E-state index is 10.6. The number of carboxylic acid groups (broad SMARTS) is 1. The van der Waals surface area contributed by atoms with Gasteiger partial charge in [-0.15, -0.1) is 0 Å². The van der Waals surface area contributed by atoms with Gasteiger partial charge >= 0.3 is 6.09 Å². The Morgan fingerprint density at radius 1 is 1.67 bits per heavy atom. The molecule has 1 aromatic rings. The highest BCUT2D eigenvalue weighted by Gasteiger charge is 2.17. The maximum atomic E-state index is 10.6. The highest BCUT2D eigenvalue weighted by atomic mass is 35.5. The number of hydrogen-bond donors (Lipinski definition) is 2. The first kappa shape index (κ1) is 13.9. The molecule has 0 unspecified atom stereocenters. The first-order valence-corrected chi connectivity index (χ1v) is 5.25. The number of nitrogens with one attached hydrogen (secondary N) is 1. The summed E-state index contributed by atoms with van der Waals surface area (Å²) in [5, 5.41) is 19.6. The molecule has 1 amide bonds. The topological polar surface area (TPSA) is 91.6 Å². The Kier molecular flexibility index (Phi) is 4.63. The van der Waals surface area contributed by atoms with E-state index in [1.54, 1.807) is 6.92 Å². The monoisotopic (exact) mass is 270 g/mol. The minimum absolute atomic E-state index is 0.179. The third-order valence-corrected chi connectivity index (χ3v) is 2.63. The molecule has 18 heavy (non-hydrogen) atoms. The van der Waals surface area contributed by atoms with E-state index in [-0.39, 0.29) is 23.1 Å². The minimum Gasteiger partial charge on any atom is -0.493 e. The first-order chi connectivity index (χ1) is 8.51. The zero-order valence-electron chi connectivity index (χ0n) is 9.78. The van der Waals surface area contributed by atoms with E-state index in [1.807, 2.05) is 6.07 Å². The quantitative estimate of drug-likeness (QED) is 0.877. The molecule has 96 valence electrons. The molecule has 0 aliphatic rings. The van der Waals surface area contributed by atoms with Crippen LogP contribution in [0.2, 0.25) is 5.02 Å². The highest BCUT2D eigenvalue weighted by Crippen LogP contribution is 2.41. The van der Waals surface area contributed by atoms with Gasteiger partial charge in [-0.1, -0.05) is 11.6 Å². The van der Waals surface area contributed by atoms with Gasteiger partial charge in [-0.25, -0.2) is 4.79 Å². The summed E-state index contributed by atoms with van der Waals surface area (Å²) < 4.78 is 10.2. The van der Waals surface area contributed by atoms with E-state index < -0.39 is 6.09 Å². The van der Waals surface area contributed by atoms with Gasteiger partial charge in [-0.3, -0.25) is 5.32 Å². The number of methoxy groups -OCH3 is 1. The van der Waals surface area contributed by atoms with Gasteiger partial charge in [0.15, 0.2) is 18.1 Å². The van der Waals surface area contributed by atoms with E-state index in [9.17, 15) is 4.79 Å². The number of rotatable bonds is 4. The van der Waals surface area contributed by atoms with E-state index in [0.717, 1.165) is 0 Å². The number of benzene rings is 1. The molecule has 0 bridgehead atoms. The van der Waals surface area contributed by atoms with Crippen LogP contribution in [-0.4, -0.2) is 24.9 Å². The van der Waals surface area contributed by atoms with Crippen LogP contribution in [0.3, 0.4) is 0 Å². The van der Waals surface area contributed by atoms with Crippen molar-refractivity contribution in [1.29, 1.82) is 5.26 Å². The molecule has 0 heterocycles. The summed E-state index contributed by atoms with van der Waals surface area (Å²) in [6.45, 7) is 1.45. The molecular formula is C11H11ClN2O4. The number of nitriles is 1. The predicted octanol–water partition coefficient (Wildman–Crippen LogP) is 2.65. The van der Waals surface area contributed by atoms with Crippen LogP contribution in [0.4, 0.5) is 10.5 Å². The van der Waals surface area contributed by atoms with Gasteiger partial charge < -0.3 is 14.6 Å². The lowest BCUT2D eigenvalue weighted by molar-refractivity contribution is 0.209. The number of nitrogens with zero attached hydrogens (tertiary/aromatic N) is 1. The summed E-state index contributed by atoms with van der Waals surface area (Å²) in [6, 6.07) is 3.26. The standard InChI is InChI=1S/C11H11ClN2O4/c1-6-7(14-11(15)16)5-8(17-2)10(9(6)12)18-4-3-13/h5,14H,4H2,1-2H3,(H,15,16). The van der Waals surface area contributed by atoms with E-state index in [2.05, 4.69) is 5.32 Å². The Bertz CT molecular complexity index is 511. The van der Waals surface area contributed by atoms with Crippen LogP contribution in [0.15, 0.2) is 6.07 Å². The van der Waals surface area contributed by atoms with Crippen LogP contribution in [-0.2, 0) is 0 Å². The molecule has 6 nitrogen and oxygen atoms in total. The molecule has 1 rings (SSSR count). The minimum atomic E-state index is -1.21. The number of hydrogen-bond acceptors (Lipinski definition) is 4. The summed E-state index contributed by atoms with van der Waals surface area (Å²) in [5.41, 5.74) is 0.793. The van der Waals surface area contributed by atoms with Gasteiger partial charge in [0.2, 0.25) is 0 Å². The van der Waals surface area contributed by atoms with Crippen LogP contribution in [0.1, 0.15) is 5.56 Å². The molecule has 0 spiro atoms. The van der Waals surface area contributed by atoms with Crippen LogP contribution >= 0.6 is 11.6 Å². The van der Waals surface area contributed by atoms with Crippen molar-refractivity contribution in [3.8, 4) is 17.6 Å². The molecule has 0 radical (unpaired) electrons. The molecule has 2 N–H and O–H groups in total. The second-order valence-corrected chi connectivity index (χ2v) is 3.65. The summed E-state index contributed by atoms with van der Waals surface area (Å²) in [4.78, 5) is 10.6. The zero-order chi connectivity index (χ0) is 13.7. The first-order valence-electron chi connectivity index (χ1n) is 4.88. The fourth-order valence-electron chi connectivity index (χ4n) is 1.34. The lowest BCUT2D eigenvalue weighted by Crippen LogP contribution is -2.09. The van der Waals surface area contributed by atoms with Crippen molar-refractivity contribution in [3.63, 3.8) is 0 Å². The Morgan fingerprint density at radius 3 is 2.83 bits per heavy atom. The molecule has 0 aliphatic heterocycles. The van der Waals surface area contributed by atoms with E-state index >= 15 is 0 Å². The van der Waals surface area contributed by atoms with Crippen molar-refractivity contribution in [2.75, 3.05) is 19.0 Å². The number of carbonyl (C=O) groups is 1. The van der Waals surface area contributed by atoms with E-state index in [4.69, 9.17) is 31.4 Å². The zero-order valence-corrected chi connectivity index (χ0v) is 10.5. The normalized spacial score (nSPS) is 9.44. The summed E-state index contributed by atoms with van der Waals surface area (Å²) in [5.74, 6) is 0.471. The van der Waals surface area contributed by atoms with Crippen molar-refractivity contribution in [2.24, 2.45) is 0 Å². The lowest BCUT2D eigenvalue weighted by atomic mass is 10.1. The molecule has 0 aliphatic carbocycles. The third kappa shape index (κ3) is 2.96. The molecule has 1 aromatic carbocycles. The molecule has 0 saturated heterocycles. The summed E-state index contributed by atoms with van der Waals surface area (Å²) in [6.07, 6.45) is -1.21. The van der Waals surface area contributed by atoms with Crippen molar-refractivity contribution < 1.29 is 19.4 Å². The number of ether oxygens (including phenoxy) is 2. The molecule has 0 fully saturated rings. The number of anilines is 1. The summed E-state index contributed by atoms with van der Waals surface area (Å²) in [7, 11) is 1.39. The van der Waals surface area contributed by atoms with E-state index in [1.165, 1.54) is 13.2 Å². The highest BCUT2D eigenvalue weighted by molar-refractivity contribution is 6.33. The fraction of sp³-hybridized carbons (Fsp3) is 0.273. The van der Waals surface area contributed by atoms with Gasteiger partial charge in [0.05, 0.1) is 17.8 Å². The molecule has 7 heteroatoms. The van der Waals surface area contributed by atoms with Crippen LogP contribution < -0.4 is 14.8 Å². The van der Waals surface area contributed by atoms with Crippen molar-refractivity contribution >= 4 is 23.4 Å². The molecule has 0 saturated carbocycles. The SMILES string of the molecule is COc1cc(NC(=O)O)c(C)c(Cl)c1OCC#N. The van der Waals surface area contributed by atoms with E-state index in [0.29, 0.717) is 11.3 Å². The van der Waals surface area contributed by atoms with Gasteiger partial charge in [-0.2, -0.15) is 5.26 Å². The van der Waals surface area contributed by atoms with Gasteiger partial charge in [-0.05, 0) is 12.5 Å². The second-order valence-electron chi connectivity index (χ2n) is 3.27. The van der Waals surface area contributed by atoms with Crippen LogP contribution in [0.25, 0.3) is 0 Å². The molecule has 0 aromatic heterocycles. The fourth-order valence-corrected chi connectivity index (χ4v) is 1.59. The number of halogens is 1. The average molecular weight is 271 g/mol. The van der Waals surface area contributed by atoms with Gasteiger partial charge in [0.1, 0.15) is 6.07 Å². The van der Waals surface area contributed by atoms with Gasteiger partial charge in [0.25, 0.3) is 0 Å². The largest absolute Gasteiger partial charge is 0.493 e. The predicted molar refractivity (Wildman–Crippen MR) is 65.5 cm³/mol. The lowest BCUT2D eigenvalue weighted by Gasteiger charge is -2.15. The third-order valence-electron chi connectivity index (χ3n) is 2.17. The van der Waals surface area contributed by atoms with Crippen molar-refractivity contribution in [1.82, 2.24) is 0 Å². The van der Waals surface area contributed by atoms with Crippen molar-refractivity contribution in [3.05, 3.63) is 16.7 Å². The Labute approximate surface area is 109 Å². The summed E-state index contributed by atoms with van der Waals surface area (Å²) >= 11 is 6.05. The molecular weight excluding hydrogens is 260 g/mol. The Balaban J connectivity index is 3.25. The smallest absolute Gasteiger partial charge is 0.409 e. The van der Waals surface area contributed by atoms with Crippen LogP contribution in [0, 0.1) is 18.3 Å². The maximum Gasteiger partial charge on any atom is 0.409 e. The Hall–Kier alpha value is -2.13. The van der Waals surface area contributed by atoms with Gasteiger partial charge in [0, 0.05) is 6.07 Å². The Morgan fingerprint density at radius 2 is 2.33 bits per heavy atom.